The maximum atomic E-state index is 5.37. The fourth-order valence-corrected chi connectivity index (χ4v) is 3.73. The van der Waals surface area contributed by atoms with Crippen LogP contribution in [-0.4, -0.2) is 54.3 Å². The molecule has 2 aliphatic heterocycles. The molecule has 4 heterocycles. The Morgan fingerprint density at radius 2 is 1.43 bits per heavy atom. The van der Waals surface area contributed by atoms with Crippen LogP contribution in [0.25, 0.3) is 0 Å². The molecule has 0 aliphatic carbocycles. The first kappa shape index (κ1) is 19.1. The van der Waals surface area contributed by atoms with Crippen LogP contribution in [0.2, 0.25) is 0 Å². The van der Waals surface area contributed by atoms with Crippen molar-refractivity contribution in [3.63, 3.8) is 0 Å². The maximum Gasteiger partial charge on any atom is 0.225 e. The SMILES string of the molecule is c1cc(N2CCCCCC2)ncc1CNCc1cnc(N2CCOCC2)nc1. The molecule has 2 aromatic rings. The van der Waals surface area contributed by atoms with E-state index in [1.54, 1.807) is 0 Å². The van der Waals surface area contributed by atoms with Gasteiger partial charge in [0, 0.05) is 63.4 Å². The molecule has 2 aromatic heterocycles. The van der Waals surface area contributed by atoms with Crippen molar-refractivity contribution in [1.82, 2.24) is 20.3 Å². The van der Waals surface area contributed by atoms with Crippen LogP contribution in [0.5, 0.6) is 0 Å². The first-order chi connectivity index (χ1) is 13.9. The van der Waals surface area contributed by atoms with Crippen molar-refractivity contribution in [1.29, 1.82) is 0 Å². The highest BCUT2D eigenvalue weighted by Crippen LogP contribution is 2.17. The minimum absolute atomic E-state index is 0.747. The van der Waals surface area contributed by atoms with Crippen molar-refractivity contribution in [2.45, 2.75) is 38.8 Å². The Morgan fingerprint density at radius 1 is 0.750 bits per heavy atom. The summed E-state index contributed by atoms with van der Waals surface area (Å²) >= 11 is 0. The molecule has 0 amide bonds. The molecule has 2 fully saturated rings. The summed E-state index contributed by atoms with van der Waals surface area (Å²) < 4.78 is 5.37. The van der Waals surface area contributed by atoms with E-state index in [1.165, 1.54) is 31.2 Å². The molecule has 1 N–H and O–H groups in total. The summed E-state index contributed by atoms with van der Waals surface area (Å²) in [4.78, 5) is 18.3. The van der Waals surface area contributed by atoms with E-state index in [2.05, 4.69) is 42.2 Å². The number of hydrogen-bond donors (Lipinski definition) is 1. The van der Waals surface area contributed by atoms with E-state index in [0.717, 1.165) is 69.8 Å². The van der Waals surface area contributed by atoms with E-state index >= 15 is 0 Å². The third-order valence-corrected chi connectivity index (χ3v) is 5.38. The second-order valence-corrected chi connectivity index (χ2v) is 7.52. The molecule has 0 radical (unpaired) electrons. The van der Waals surface area contributed by atoms with Gasteiger partial charge in [-0.2, -0.15) is 0 Å². The topological polar surface area (TPSA) is 66.4 Å². The van der Waals surface area contributed by atoms with Gasteiger partial charge < -0.3 is 19.9 Å². The third-order valence-electron chi connectivity index (χ3n) is 5.38. The van der Waals surface area contributed by atoms with Gasteiger partial charge in [-0.25, -0.2) is 15.0 Å². The summed E-state index contributed by atoms with van der Waals surface area (Å²) in [6, 6.07) is 4.33. The summed E-state index contributed by atoms with van der Waals surface area (Å²) in [7, 11) is 0. The van der Waals surface area contributed by atoms with Crippen LogP contribution in [-0.2, 0) is 17.8 Å². The molecule has 7 nitrogen and oxygen atoms in total. The van der Waals surface area contributed by atoms with E-state index in [9.17, 15) is 0 Å². The number of hydrogen-bond acceptors (Lipinski definition) is 7. The van der Waals surface area contributed by atoms with Crippen molar-refractivity contribution in [2.75, 3.05) is 49.2 Å². The normalized spacial score (nSPS) is 18.1. The first-order valence-electron chi connectivity index (χ1n) is 10.4. The van der Waals surface area contributed by atoms with Crippen molar-refractivity contribution in [3.05, 3.63) is 41.9 Å². The molecule has 0 unspecified atom stereocenters. The number of morpholine rings is 1. The van der Waals surface area contributed by atoms with Crippen LogP contribution in [0.4, 0.5) is 11.8 Å². The predicted molar refractivity (Wildman–Crippen MR) is 111 cm³/mol. The van der Waals surface area contributed by atoms with Gasteiger partial charge in [0.25, 0.3) is 0 Å². The number of rotatable bonds is 6. The van der Waals surface area contributed by atoms with E-state index in [4.69, 9.17) is 4.74 Å². The second-order valence-electron chi connectivity index (χ2n) is 7.52. The summed E-state index contributed by atoms with van der Waals surface area (Å²) in [6.07, 6.45) is 11.0. The van der Waals surface area contributed by atoms with Gasteiger partial charge in [-0.05, 0) is 24.5 Å². The highest BCUT2D eigenvalue weighted by atomic mass is 16.5. The number of nitrogens with zero attached hydrogens (tertiary/aromatic N) is 5. The van der Waals surface area contributed by atoms with E-state index in [1.807, 2.05) is 18.6 Å². The van der Waals surface area contributed by atoms with Gasteiger partial charge in [0.05, 0.1) is 13.2 Å². The number of ether oxygens (including phenoxy) is 1. The molecule has 28 heavy (non-hydrogen) atoms. The molecule has 0 spiro atoms. The zero-order chi connectivity index (χ0) is 19.0. The molecule has 2 saturated heterocycles. The zero-order valence-electron chi connectivity index (χ0n) is 16.5. The minimum Gasteiger partial charge on any atom is -0.378 e. The lowest BCUT2D eigenvalue weighted by Gasteiger charge is -2.26. The number of pyridine rings is 1. The summed E-state index contributed by atoms with van der Waals surface area (Å²) in [5.74, 6) is 1.90. The number of anilines is 2. The first-order valence-corrected chi connectivity index (χ1v) is 10.4. The van der Waals surface area contributed by atoms with E-state index in [0.29, 0.717) is 0 Å². The Bertz CT molecular complexity index is 707. The second kappa shape index (κ2) is 9.80. The smallest absolute Gasteiger partial charge is 0.225 e. The summed E-state index contributed by atoms with van der Waals surface area (Å²) in [6.45, 7) is 7.01. The zero-order valence-corrected chi connectivity index (χ0v) is 16.5. The predicted octanol–water partition coefficient (Wildman–Crippen LogP) is 2.38. The molecule has 150 valence electrons. The average molecular weight is 383 g/mol. The van der Waals surface area contributed by atoms with Gasteiger partial charge >= 0.3 is 0 Å². The molecular weight excluding hydrogens is 352 g/mol. The maximum absolute atomic E-state index is 5.37. The number of aromatic nitrogens is 3. The van der Waals surface area contributed by atoms with Crippen LogP contribution in [0, 0.1) is 0 Å². The van der Waals surface area contributed by atoms with Crippen molar-refractivity contribution < 1.29 is 4.74 Å². The Labute approximate surface area is 167 Å². The lowest BCUT2D eigenvalue weighted by atomic mass is 10.2. The molecular formula is C21H30N6O. The van der Waals surface area contributed by atoms with Crippen LogP contribution in [0.3, 0.4) is 0 Å². The van der Waals surface area contributed by atoms with Crippen molar-refractivity contribution in [3.8, 4) is 0 Å². The quantitative estimate of drug-likeness (QED) is 0.823. The van der Waals surface area contributed by atoms with Crippen molar-refractivity contribution >= 4 is 11.8 Å². The fraction of sp³-hybridized carbons (Fsp3) is 0.571. The molecule has 7 heteroatoms. The van der Waals surface area contributed by atoms with Gasteiger partial charge in [0.1, 0.15) is 5.82 Å². The fourth-order valence-electron chi connectivity index (χ4n) is 3.73. The Balaban J connectivity index is 1.24. The highest BCUT2D eigenvalue weighted by molar-refractivity contribution is 5.39. The van der Waals surface area contributed by atoms with Gasteiger partial charge in [-0.1, -0.05) is 18.9 Å². The highest BCUT2D eigenvalue weighted by Gasteiger charge is 2.13. The molecule has 0 saturated carbocycles. The molecule has 2 aliphatic rings. The molecule has 4 rings (SSSR count). The molecule has 0 atom stereocenters. The van der Waals surface area contributed by atoms with Gasteiger partial charge in [-0.15, -0.1) is 0 Å². The standard InChI is InChI=1S/C21H30N6O/c1-2-4-8-26(7-3-1)20-6-5-18(15-23-20)13-22-14-19-16-24-21(25-17-19)27-9-11-28-12-10-27/h5-6,15-17,22H,1-4,7-14H2. The van der Waals surface area contributed by atoms with Gasteiger partial charge in [0.2, 0.25) is 5.95 Å². The van der Waals surface area contributed by atoms with Crippen molar-refractivity contribution in [2.24, 2.45) is 0 Å². The third kappa shape index (κ3) is 5.17. The van der Waals surface area contributed by atoms with Crippen LogP contribution < -0.4 is 15.1 Å². The largest absolute Gasteiger partial charge is 0.378 e. The Morgan fingerprint density at radius 3 is 2.11 bits per heavy atom. The van der Waals surface area contributed by atoms with E-state index in [-0.39, 0.29) is 0 Å². The number of nitrogens with one attached hydrogen (secondary N) is 1. The monoisotopic (exact) mass is 382 g/mol. The van der Waals surface area contributed by atoms with Crippen LogP contribution >= 0.6 is 0 Å². The average Bonchev–Trinajstić information content (AvgIpc) is 3.05. The Hall–Kier alpha value is -2.25. The lowest BCUT2D eigenvalue weighted by molar-refractivity contribution is 0.122. The molecule has 0 bridgehead atoms. The molecule has 0 aromatic carbocycles. The van der Waals surface area contributed by atoms with Crippen LogP contribution in [0.15, 0.2) is 30.7 Å². The van der Waals surface area contributed by atoms with Crippen LogP contribution in [0.1, 0.15) is 36.8 Å². The van der Waals surface area contributed by atoms with Gasteiger partial charge in [0.15, 0.2) is 0 Å². The summed E-state index contributed by atoms with van der Waals surface area (Å²) in [5.41, 5.74) is 2.29. The Kier molecular flexibility index (Phi) is 6.68. The summed E-state index contributed by atoms with van der Waals surface area (Å²) in [5, 5.41) is 3.46. The van der Waals surface area contributed by atoms with E-state index < -0.39 is 0 Å². The van der Waals surface area contributed by atoms with Gasteiger partial charge in [-0.3, -0.25) is 0 Å². The lowest BCUT2D eigenvalue weighted by Crippen LogP contribution is -2.37. The minimum atomic E-state index is 0.747.